The molecule has 34 heavy (non-hydrogen) atoms. The number of ketones is 1. The zero-order valence-corrected chi connectivity index (χ0v) is 20.3. The van der Waals surface area contributed by atoms with Crippen LogP contribution < -0.4 is 14.2 Å². The van der Waals surface area contributed by atoms with Crippen LogP contribution in [0.5, 0.6) is 17.2 Å². The van der Waals surface area contributed by atoms with E-state index in [4.69, 9.17) is 14.2 Å². The van der Waals surface area contributed by atoms with Gasteiger partial charge in [0.05, 0.1) is 32.4 Å². The highest BCUT2D eigenvalue weighted by Gasteiger charge is 2.46. The maximum atomic E-state index is 13.2. The van der Waals surface area contributed by atoms with E-state index < -0.39 is 17.7 Å². The number of nitrogens with zero attached hydrogens (tertiary/aromatic N) is 2. The second-order valence-corrected chi connectivity index (χ2v) is 8.22. The minimum atomic E-state index is -0.756. The number of carbonyl (C=O) groups excluding carboxylic acids is 2. The van der Waals surface area contributed by atoms with Gasteiger partial charge in [-0.2, -0.15) is 0 Å². The Kier molecular flexibility index (Phi) is 8.17. The minimum absolute atomic E-state index is 0.0474. The molecule has 0 aromatic heterocycles. The number of amides is 1. The summed E-state index contributed by atoms with van der Waals surface area (Å²) in [6, 6.07) is 11.2. The van der Waals surface area contributed by atoms with Crippen LogP contribution in [0.15, 0.2) is 48.0 Å². The number of benzene rings is 2. The third-order valence-electron chi connectivity index (χ3n) is 5.71. The van der Waals surface area contributed by atoms with E-state index in [2.05, 4.69) is 0 Å². The molecule has 1 aliphatic rings. The number of aliphatic hydroxyl groups excluding tert-OH is 1. The lowest BCUT2D eigenvalue weighted by molar-refractivity contribution is -0.139. The lowest BCUT2D eigenvalue weighted by Gasteiger charge is -2.26. The predicted molar refractivity (Wildman–Crippen MR) is 129 cm³/mol. The second kappa shape index (κ2) is 11.1. The molecule has 2 aromatic rings. The van der Waals surface area contributed by atoms with Crippen molar-refractivity contribution in [1.82, 2.24) is 9.80 Å². The highest BCUT2D eigenvalue weighted by molar-refractivity contribution is 6.46. The van der Waals surface area contributed by atoms with Crippen LogP contribution >= 0.6 is 0 Å². The first-order valence-corrected chi connectivity index (χ1v) is 11.2. The first kappa shape index (κ1) is 25.1. The molecule has 1 saturated heterocycles. The van der Waals surface area contributed by atoms with E-state index in [0.717, 1.165) is 6.54 Å². The van der Waals surface area contributed by atoms with Crippen LogP contribution in [0.1, 0.15) is 30.5 Å². The SMILES string of the molecule is CCOc1ccc([C@@H]2C(=C(O)c3ccc(OC)cc3)C(=O)C(=O)N2CCCN(C)C)cc1OC. The third-order valence-corrected chi connectivity index (χ3v) is 5.71. The standard InChI is InChI=1S/C26H32N2O6/c1-6-34-20-13-10-18(16-21(20)33-5)23-22(24(29)17-8-11-19(32-4)12-9-17)25(30)26(31)28(23)15-7-14-27(2)3/h8-13,16,23,29H,6-7,14-15H2,1-5H3/t23-/m1/s1. The van der Waals surface area contributed by atoms with Crippen molar-refractivity contribution in [3.05, 3.63) is 59.2 Å². The Bertz CT molecular complexity index is 1060. The molecule has 1 amide bonds. The first-order chi connectivity index (χ1) is 16.3. The average Bonchev–Trinajstić information content (AvgIpc) is 3.09. The van der Waals surface area contributed by atoms with Gasteiger partial charge < -0.3 is 29.1 Å². The molecule has 1 heterocycles. The molecule has 0 spiro atoms. The maximum absolute atomic E-state index is 13.2. The second-order valence-electron chi connectivity index (χ2n) is 8.22. The summed E-state index contributed by atoms with van der Waals surface area (Å²) in [6.07, 6.45) is 0.674. The molecule has 0 saturated carbocycles. The summed E-state index contributed by atoms with van der Waals surface area (Å²) in [5, 5.41) is 11.2. The Balaban J connectivity index is 2.12. The zero-order valence-electron chi connectivity index (χ0n) is 20.3. The van der Waals surface area contributed by atoms with Crippen molar-refractivity contribution in [3.63, 3.8) is 0 Å². The molecular formula is C26H32N2O6. The van der Waals surface area contributed by atoms with E-state index in [1.807, 2.05) is 25.9 Å². The Morgan fingerprint density at radius 1 is 1.03 bits per heavy atom. The number of hydrogen-bond donors (Lipinski definition) is 1. The molecule has 3 rings (SSSR count). The summed E-state index contributed by atoms with van der Waals surface area (Å²) in [7, 11) is 6.99. The van der Waals surface area contributed by atoms with Gasteiger partial charge in [-0.1, -0.05) is 6.07 Å². The van der Waals surface area contributed by atoms with Gasteiger partial charge in [-0.25, -0.2) is 0 Å². The largest absolute Gasteiger partial charge is 0.507 e. The molecule has 0 bridgehead atoms. The lowest BCUT2D eigenvalue weighted by Crippen LogP contribution is -2.32. The molecule has 1 aliphatic heterocycles. The number of aliphatic hydroxyl groups is 1. The van der Waals surface area contributed by atoms with Crippen molar-refractivity contribution in [2.45, 2.75) is 19.4 Å². The van der Waals surface area contributed by atoms with Gasteiger partial charge in [0.15, 0.2) is 11.5 Å². The molecule has 1 fully saturated rings. The maximum Gasteiger partial charge on any atom is 0.295 e. The van der Waals surface area contributed by atoms with Crippen LogP contribution in [0.3, 0.4) is 0 Å². The van der Waals surface area contributed by atoms with Gasteiger partial charge in [0, 0.05) is 12.1 Å². The fourth-order valence-electron chi connectivity index (χ4n) is 4.05. The van der Waals surface area contributed by atoms with E-state index in [9.17, 15) is 14.7 Å². The number of Topliss-reactive ketones (excluding diaryl/α,β-unsaturated/α-hetero) is 1. The fraction of sp³-hybridized carbons (Fsp3) is 0.385. The van der Waals surface area contributed by atoms with Gasteiger partial charge in [0.25, 0.3) is 11.7 Å². The van der Waals surface area contributed by atoms with Crippen LogP contribution in [-0.2, 0) is 9.59 Å². The minimum Gasteiger partial charge on any atom is -0.507 e. The summed E-state index contributed by atoms with van der Waals surface area (Å²) < 4.78 is 16.3. The summed E-state index contributed by atoms with van der Waals surface area (Å²) in [5.74, 6) is 0.0984. The molecule has 0 unspecified atom stereocenters. The summed E-state index contributed by atoms with van der Waals surface area (Å²) in [6.45, 7) is 3.46. The van der Waals surface area contributed by atoms with Gasteiger partial charge in [-0.3, -0.25) is 9.59 Å². The number of methoxy groups -OCH3 is 2. The quantitative estimate of drug-likeness (QED) is 0.324. The average molecular weight is 469 g/mol. The van der Waals surface area contributed by atoms with E-state index in [0.29, 0.717) is 47.9 Å². The smallest absolute Gasteiger partial charge is 0.295 e. The molecule has 8 heteroatoms. The van der Waals surface area contributed by atoms with Crippen LogP contribution in [0.2, 0.25) is 0 Å². The van der Waals surface area contributed by atoms with Crippen molar-refractivity contribution in [2.24, 2.45) is 0 Å². The normalized spacial score (nSPS) is 17.4. The Labute approximate surface area is 200 Å². The molecule has 1 N–H and O–H groups in total. The summed E-state index contributed by atoms with van der Waals surface area (Å²) in [5.41, 5.74) is 1.13. The topological polar surface area (TPSA) is 88.5 Å². The van der Waals surface area contributed by atoms with E-state index in [-0.39, 0.29) is 11.3 Å². The van der Waals surface area contributed by atoms with Crippen molar-refractivity contribution >= 4 is 17.4 Å². The number of ether oxygens (including phenoxy) is 3. The zero-order chi connectivity index (χ0) is 24.8. The molecule has 182 valence electrons. The molecular weight excluding hydrogens is 436 g/mol. The van der Waals surface area contributed by atoms with Crippen molar-refractivity contribution in [1.29, 1.82) is 0 Å². The Morgan fingerprint density at radius 2 is 1.74 bits per heavy atom. The monoisotopic (exact) mass is 468 g/mol. The number of likely N-dealkylation sites (tertiary alicyclic amines) is 1. The molecule has 0 aliphatic carbocycles. The molecule has 0 radical (unpaired) electrons. The van der Waals surface area contributed by atoms with E-state index >= 15 is 0 Å². The lowest BCUT2D eigenvalue weighted by atomic mass is 9.95. The number of rotatable bonds is 10. The van der Waals surface area contributed by atoms with Gasteiger partial charge in [0.1, 0.15) is 11.5 Å². The van der Waals surface area contributed by atoms with Crippen LogP contribution in [0, 0.1) is 0 Å². The van der Waals surface area contributed by atoms with Crippen LogP contribution in [0.4, 0.5) is 0 Å². The van der Waals surface area contributed by atoms with Gasteiger partial charge in [-0.05, 0) is 75.9 Å². The van der Waals surface area contributed by atoms with Crippen molar-refractivity contribution < 1.29 is 28.9 Å². The molecule has 1 atom stereocenters. The van der Waals surface area contributed by atoms with Crippen LogP contribution in [-0.4, -0.2) is 74.6 Å². The van der Waals surface area contributed by atoms with Gasteiger partial charge in [0.2, 0.25) is 0 Å². The highest BCUT2D eigenvalue weighted by Crippen LogP contribution is 2.42. The predicted octanol–water partition coefficient (Wildman–Crippen LogP) is 3.48. The first-order valence-electron chi connectivity index (χ1n) is 11.2. The number of carbonyl (C=O) groups is 2. The summed E-state index contributed by atoms with van der Waals surface area (Å²) >= 11 is 0. The fourth-order valence-corrected chi connectivity index (χ4v) is 4.05. The molecule has 2 aromatic carbocycles. The van der Waals surface area contributed by atoms with Crippen molar-refractivity contribution in [2.75, 3.05) is 48.0 Å². The van der Waals surface area contributed by atoms with Gasteiger partial charge in [-0.15, -0.1) is 0 Å². The third kappa shape index (κ3) is 5.17. The van der Waals surface area contributed by atoms with Crippen molar-refractivity contribution in [3.8, 4) is 17.2 Å². The van der Waals surface area contributed by atoms with Crippen LogP contribution in [0.25, 0.3) is 5.76 Å². The summed E-state index contributed by atoms with van der Waals surface area (Å²) in [4.78, 5) is 29.8. The van der Waals surface area contributed by atoms with Gasteiger partial charge >= 0.3 is 0 Å². The van der Waals surface area contributed by atoms with E-state index in [1.54, 1.807) is 49.6 Å². The van der Waals surface area contributed by atoms with E-state index in [1.165, 1.54) is 12.0 Å². The number of hydrogen-bond acceptors (Lipinski definition) is 7. The Morgan fingerprint density at radius 3 is 2.32 bits per heavy atom. The Hall–Kier alpha value is -3.52. The highest BCUT2D eigenvalue weighted by atomic mass is 16.5. The molecule has 8 nitrogen and oxygen atoms in total.